The molecule has 10 heteroatoms. The normalized spacial score (nSPS) is 11.6. The van der Waals surface area contributed by atoms with Crippen LogP contribution in [0.15, 0.2) is 35.5 Å². The first-order valence-corrected chi connectivity index (χ1v) is 11.0. The Morgan fingerprint density at radius 2 is 2.03 bits per heavy atom. The van der Waals surface area contributed by atoms with Crippen LogP contribution in [0.4, 0.5) is 11.1 Å². The molecule has 150 valence electrons. The summed E-state index contributed by atoms with van der Waals surface area (Å²) in [6, 6.07) is 7.23. The largest absolute Gasteiger partial charge is 0.361 e. The predicted octanol–water partition coefficient (Wildman–Crippen LogP) is 3.22. The molecule has 0 fully saturated rings. The number of thiazole rings is 1. The molecular formula is C19H21N7OS2. The van der Waals surface area contributed by atoms with E-state index in [4.69, 9.17) is 5.26 Å². The van der Waals surface area contributed by atoms with Gasteiger partial charge in [0.25, 0.3) is 5.91 Å². The lowest BCUT2D eigenvalue weighted by molar-refractivity contribution is 0.0958. The van der Waals surface area contributed by atoms with E-state index in [1.165, 1.54) is 11.3 Å². The Morgan fingerprint density at radius 3 is 2.76 bits per heavy atom. The first kappa shape index (κ1) is 20.8. The lowest BCUT2D eigenvalue weighted by Crippen LogP contribution is -2.23. The zero-order chi connectivity index (χ0) is 20.6. The Morgan fingerprint density at radius 1 is 1.28 bits per heavy atom. The molecule has 0 saturated heterocycles. The molecule has 2 aromatic heterocycles. The lowest BCUT2D eigenvalue weighted by atomic mass is 10.2. The van der Waals surface area contributed by atoms with E-state index in [1.807, 2.05) is 18.4 Å². The molecule has 0 saturated carbocycles. The molecule has 0 radical (unpaired) electrons. The van der Waals surface area contributed by atoms with E-state index < -0.39 is 0 Å². The Labute approximate surface area is 177 Å². The highest BCUT2D eigenvalue weighted by Crippen LogP contribution is 2.27. The minimum atomic E-state index is -0.260. The molecule has 1 aromatic carbocycles. The maximum Gasteiger partial charge on any atom is 0.252 e. The van der Waals surface area contributed by atoms with E-state index in [-0.39, 0.29) is 12.5 Å². The molecule has 3 N–H and O–H groups in total. The van der Waals surface area contributed by atoms with Crippen molar-refractivity contribution in [2.45, 2.75) is 11.8 Å². The van der Waals surface area contributed by atoms with Crippen molar-refractivity contribution < 1.29 is 4.79 Å². The number of carbonyl (C=O) groups is 1. The third-order valence-electron chi connectivity index (χ3n) is 4.05. The number of amides is 1. The van der Waals surface area contributed by atoms with Gasteiger partial charge in [0, 0.05) is 35.9 Å². The van der Waals surface area contributed by atoms with E-state index in [0.29, 0.717) is 17.4 Å². The van der Waals surface area contributed by atoms with Crippen LogP contribution in [0.5, 0.6) is 0 Å². The topological polar surface area (TPSA) is 116 Å². The number of fused-ring (bicyclic) bond motifs is 1. The zero-order valence-corrected chi connectivity index (χ0v) is 17.7. The molecule has 3 rings (SSSR count). The van der Waals surface area contributed by atoms with Gasteiger partial charge in [0.15, 0.2) is 5.13 Å². The van der Waals surface area contributed by atoms with Crippen LogP contribution >= 0.6 is 23.1 Å². The highest BCUT2D eigenvalue weighted by atomic mass is 32.2. The fraction of sp³-hybridized carbons (Fsp3) is 0.316. The number of carbonyl (C=O) groups excluding carboxylic acids is 1. The fourth-order valence-electron chi connectivity index (χ4n) is 2.48. The van der Waals surface area contributed by atoms with E-state index in [2.05, 4.69) is 37.8 Å². The van der Waals surface area contributed by atoms with Crippen molar-refractivity contribution in [3.8, 4) is 6.07 Å². The average molecular weight is 428 g/mol. The second-order valence-electron chi connectivity index (χ2n) is 6.36. The SMILES string of the molecule is CSc1cnc(NC[C@H](C)CNc2nc3ccc(C(=O)NCC#N)cc3s2)nc1. The molecule has 3 aromatic rings. The third kappa shape index (κ3) is 5.79. The first-order chi connectivity index (χ1) is 14.1. The Bertz CT molecular complexity index is 1010. The molecule has 0 aliphatic heterocycles. The zero-order valence-electron chi connectivity index (χ0n) is 16.1. The fourth-order valence-corrected chi connectivity index (χ4v) is 3.70. The van der Waals surface area contributed by atoms with Gasteiger partial charge in [0.05, 0.1) is 16.3 Å². The third-order valence-corrected chi connectivity index (χ3v) is 5.71. The summed E-state index contributed by atoms with van der Waals surface area (Å²) in [6.45, 7) is 3.59. The first-order valence-electron chi connectivity index (χ1n) is 8.98. The van der Waals surface area contributed by atoms with Crippen molar-refractivity contribution in [2.24, 2.45) is 5.92 Å². The molecule has 1 amide bonds. The van der Waals surface area contributed by atoms with E-state index in [9.17, 15) is 4.79 Å². The van der Waals surface area contributed by atoms with Crippen LogP contribution in [0, 0.1) is 17.2 Å². The van der Waals surface area contributed by atoms with Crippen molar-refractivity contribution in [3.05, 3.63) is 36.2 Å². The van der Waals surface area contributed by atoms with E-state index in [0.717, 1.165) is 33.3 Å². The minimum Gasteiger partial charge on any atom is -0.361 e. The molecule has 29 heavy (non-hydrogen) atoms. The Balaban J connectivity index is 1.52. The molecule has 0 unspecified atom stereocenters. The molecule has 0 bridgehead atoms. The quantitative estimate of drug-likeness (QED) is 0.352. The number of benzene rings is 1. The number of nitrogens with zero attached hydrogens (tertiary/aromatic N) is 4. The van der Waals surface area contributed by atoms with Crippen LogP contribution in [0.25, 0.3) is 10.2 Å². The van der Waals surface area contributed by atoms with Crippen LogP contribution in [-0.2, 0) is 0 Å². The summed E-state index contributed by atoms with van der Waals surface area (Å²) in [4.78, 5) is 26.1. The Hall–Kier alpha value is -2.90. The highest BCUT2D eigenvalue weighted by Gasteiger charge is 2.10. The Kier molecular flexibility index (Phi) is 7.21. The van der Waals surface area contributed by atoms with Crippen molar-refractivity contribution in [3.63, 3.8) is 0 Å². The van der Waals surface area contributed by atoms with Crippen molar-refractivity contribution in [1.29, 1.82) is 5.26 Å². The van der Waals surface area contributed by atoms with Gasteiger partial charge in [-0.05, 0) is 30.4 Å². The van der Waals surface area contributed by atoms with Gasteiger partial charge >= 0.3 is 0 Å². The number of thioether (sulfide) groups is 1. The molecule has 0 aliphatic rings. The van der Waals surface area contributed by atoms with Gasteiger partial charge in [-0.15, -0.1) is 11.8 Å². The number of hydrogen-bond acceptors (Lipinski definition) is 9. The minimum absolute atomic E-state index is 0.00889. The molecule has 0 aliphatic carbocycles. The van der Waals surface area contributed by atoms with Crippen LogP contribution < -0.4 is 16.0 Å². The van der Waals surface area contributed by atoms with Crippen molar-refractivity contribution >= 4 is 50.3 Å². The number of rotatable bonds is 9. The number of nitrogens with one attached hydrogen (secondary N) is 3. The van der Waals surface area contributed by atoms with Crippen LogP contribution in [0.2, 0.25) is 0 Å². The highest BCUT2D eigenvalue weighted by molar-refractivity contribution is 7.98. The second kappa shape index (κ2) is 10.0. The maximum absolute atomic E-state index is 12.0. The number of nitriles is 1. The van der Waals surface area contributed by atoms with Crippen molar-refractivity contribution in [2.75, 3.05) is 36.5 Å². The van der Waals surface area contributed by atoms with Gasteiger partial charge in [-0.2, -0.15) is 5.26 Å². The monoisotopic (exact) mass is 427 g/mol. The summed E-state index contributed by atoms with van der Waals surface area (Å²) < 4.78 is 0.921. The van der Waals surface area contributed by atoms with Crippen LogP contribution in [-0.4, -0.2) is 46.7 Å². The molecule has 8 nitrogen and oxygen atoms in total. The van der Waals surface area contributed by atoms with Gasteiger partial charge in [-0.1, -0.05) is 18.3 Å². The molecule has 1 atom stereocenters. The molecular weight excluding hydrogens is 406 g/mol. The van der Waals surface area contributed by atoms with E-state index in [1.54, 1.807) is 36.3 Å². The summed E-state index contributed by atoms with van der Waals surface area (Å²) in [5.74, 6) is 0.693. The number of anilines is 2. The van der Waals surface area contributed by atoms with Crippen molar-refractivity contribution in [1.82, 2.24) is 20.3 Å². The standard InChI is InChI=1S/C19H21N7OS2/c1-12(8-22-18-23-10-14(28-2)11-24-18)9-25-19-26-15-4-3-13(7-16(15)29-19)17(27)21-6-5-20/h3-4,7,10-12H,6,8-9H2,1-2H3,(H,21,27)(H,25,26)(H,22,23,24)/t12-/m0/s1. The summed E-state index contributed by atoms with van der Waals surface area (Å²) >= 11 is 3.11. The van der Waals surface area contributed by atoms with Gasteiger partial charge in [0.1, 0.15) is 6.54 Å². The smallest absolute Gasteiger partial charge is 0.252 e. The molecule has 2 heterocycles. The van der Waals surface area contributed by atoms with Gasteiger partial charge < -0.3 is 16.0 Å². The maximum atomic E-state index is 12.0. The second-order valence-corrected chi connectivity index (χ2v) is 8.27. The summed E-state index contributed by atoms with van der Waals surface area (Å²) in [7, 11) is 0. The van der Waals surface area contributed by atoms with Crippen LogP contribution in [0.1, 0.15) is 17.3 Å². The molecule has 0 spiro atoms. The summed E-state index contributed by atoms with van der Waals surface area (Å²) in [6.07, 6.45) is 5.60. The van der Waals surface area contributed by atoms with Gasteiger partial charge in [-0.3, -0.25) is 4.79 Å². The predicted molar refractivity (Wildman–Crippen MR) is 118 cm³/mol. The van der Waals surface area contributed by atoms with Crippen LogP contribution in [0.3, 0.4) is 0 Å². The number of aromatic nitrogens is 3. The van der Waals surface area contributed by atoms with Gasteiger partial charge in [-0.25, -0.2) is 15.0 Å². The average Bonchev–Trinajstić information content (AvgIpc) is 3.17. The summed E-state index contributed by atoms with van der Waals surface area (Å²) in [5.41, 5.74) is 1.36. The van der Waals surface area contributed by atoms with E-state index >= 15 is 0 Å². The summed E-state index contributed by atoms with van der Waals surface area (Å²) in [5, 5.41) is 18.5. The number of hydrogen-bond donors (Lipinski definition) is 3. The lowest BCUT2D eigenvalue weighted by Gasteiger charge is -2.13. The van der Waals surface area contributed by atoms with Gasteiger partial charge in [0.2, 0.25) is 5.95 Å².